The van der Waals surface area contributed by atoms with Gasteiger partial charge in [0.1, 0.15) is 0 Å². The van der Waals surface area contributed by atoms with Crippen LogP contribution in [0.2, 0.25) is 0 Å². The van der Waals surface area contributed by atoms with Crippen LogP contribution in [0.15, 0.2) is 18.2 Å². The summed E-state index contributed by atoms with van der Waals surface area (Å²) < 4.78 is 5.49. The highest BCUT2D eigenvalue weighted by Gasteiger charge is 2.33. The molecule has 0 radical (unpaired) electrons. The molecule has 0 bridgehead atoms. The molecule has 1 saturated heterocycles. The number of aromatic nitrogens is 1. The van der Waals surface area contributed by atoms with E-state index in [0.29, 0.717) is 11.0 Å². The van der Waals surface area contributed by atoms with Crippen LogP contribution in [0.1, 0.15) is 68.7 Å². The van der Waals surface area contributed by atoms with Crippen molar-refractivity contribution < 1.29 is 9.53 Å². The number of amides is 1. The van der Waals surface area contributed by atoms with Gasteiger partial charge in [0.25, 0.3) is 5.91 Å². The topological polar surface area (TPSA) is 68.5 Å². The maximum atomic E-state index is 12.0. The van der Waals surface area contributed by atoms with Crippen molar-refractivity contribution in [3.63, 3.8) is 0 Å². The van der Waals surface area contributed by atoms with Gasteiger partial charge in [0.15, 0.2) is 0 Å². The van der Waals surface area contributed by atoms with E-state index in [9.17, 15) is 4.79 Å². The molecular weight excluding hydrogens is 326 g/mol. The molecule has 1 fully saturated rings. The second-order valence-electron chi connectivity index (χ2n) is 8.71. The van der Waals surface area contributed by atoms with E-state index < -0.39 is 5.91 Å². The van der Waals surface area contributed by atoms with E-state index in [1.807, 2.05) is 12.1 Å². The van der Waals surface area contributed by atoms with Crippen molar-refractivity contribution in [2.75, 3.05) is 26.3 Å². The first-order valence-electron chi connectivity index (χ1n) is 9.54. The van der Waals surface area contributed by atoms with Gasteiger partial charge in [0, 0.05) is 13.1 Å². The number of hydrogen-bond donors (Lipinski definition) is 1. The van der Waals surface area contributed by atoms with Crippen LogP contribution in [0.25, 0.3) is 5.57 Å². The summed E-state index contributed by atoms with van der Waals surface area (Å²) in [5, 5.41) is 0. The van der Waals surface area contributed by atoms with Gasteiger partial charge in [-0.3, -0.25) is 14.7 Å². The number of pyridine rings is 1. The summed E-state index contributed by atoms with van der Waals surface area (Å²) in [4.78, 5) is 19.3. The first kappa shape index (κ1) is 19.1. The zero-order valence-corrected chi connectivity index (χ0v) is 16.5. The standard InChI is InChI=1S/C21H31N3O2/c1-20(2)9-7-15(8-10-20)18-16(19(22)25)5-6-17(23-18)21(3,4)24-11-13-26-14-12-24/h5-7H,8-14H2,1-4H3,(H2,22,25). The van der Waals surface area contributed by atoms with E-state index in [-0.39, 0.29) is 5.54 Å². The lowest BCUT2D eigenvalue weighted by Gasteiger charge is -2.40. The molecule has 0 atom stereocenters. The monoisotopic (exact) mass is 357 g/mol. The van der Waals surface area contributed by atoms with Crippen molar-refractivity contribution in [2.45, 2.75) is 52.5 Å². The minimum absolute atomic E-state index is 0.219. The van der Waals surface area contributed by atoms with Crippen LogP contribution in [-0.4, -0.2) is 42.1 Å². The molecule has 3 rings (SSSR count). The fourth-order valence-corrected chi connectivity index (χ4v) is 3.82. The molecule has 1 amide bonds. The molecule has 1 aliphatic heterocycles. The van der Waals surface area contributed by atoms with Gasteiger partial charge in [-0.2, -0.15) is 0 Å². The molecule has 2 N–H and O–H groups in total. The molecule has 2 heterocycles. The van der Waals surface area contributed by atoms with Gasteiger partial charge in [-0.25, -0.2) is 0 Å². The molecular formula is C21H31N3O2. The maximum Gasteiger partial charge on any atom is 0.250 e. The zero-order chi connectivity index (χ0) is 18.9. The molecule has 0 unspecified atom stereocenters. The number of ether oxygens (including phenoxy) is 1. The van der Waals surface area contributed by atoms with Crippen LogP contribution in [0, 0.1) is 5.41 Å². The maximum absolute atomic E-state index is 12.0. The van der Waals surface area contributed by atoms with Crippen LogP contribution in [0.4, 0.5) is 0 Å². The molecule has 2 aliphatic rings. The van der Waals surface area contributed by atoms with E-state index in [0.717, 1.165) is 62.5 Å². The van der Waals surface area contributed by atoms with Gasteiger partial charge in [-0.15, -0.1) is 0 Å². The number of primary amides is 1. The fraction of sp³-hybridized carbons (Fsp3) is 0.619. The van der Waals surface area contributed by atoms with E-state index in [1.54, 1.807) is 0 Å². The largest absolute Gasteiger partial charge is 0.379 e. The Labute approximate surface area is 156 Å². The second kappa shape index (κ2) is 7.12. The van der Waals surface area contributed by atoms with Crippen molar-refractivity contribution in [1.82, 2.24) is 9.88 Å². The molecule has 142 valence electrons. The Bertz CT molecular complexity index is 716. The Morgan fingerprint density at radius 1 is 1.27 bits per heavy atom. The van der Waals surface area contributed by atoms with Gasteiger partial charge in [-0.1, -0.05) is 19.9 Å². The summed E-state index contributed by atoms with van der Waals surface area (Å²) in [7, 11) is 0. The lowest BCUT2D eigenvalue weighted by Crippen LogP contribution is -2.48. The number of allylic oxidation sites excluding steroid dienone is 2. The van der Waals surface area contributed by atoms with Gasteiger partial charge in [-0.05, 0) is 56.2 Å². The summed E-state index contributed by atoms with van der Waals surface area (Å²) in [6.07, 6.45) is 5.26. The Morgan fingerprint density at radius 2 is 1.96 bits per heavy atom. The lowest BCUT2D eigenvalue weighted by molar-refractivity contribution is -0.0132. The zero-order valence-electron chi connectivity index (χ0n) is 16.5. The van der Waals surface area contributed by atoms with E-state index in [1.165, 1.54) is 0 Å². The summed E-state index contributed by atoms with van der Waals surface area (Å²) in [5.41, 5.74) is 9.15. The molecule has 0 spiro atoms. The highest BCUT2D eigenvalue weighted by atomic mass is 16.5. The molecule has 5 heteroatoms. The number of nitrogens with zero attached hydrogens (tertiary/aromatic N) is 2. The Morgan fingerprint density at radius 3 is 2.54 bits per heavy atom. The van der Waals surface area contributed by atoms with Crippen LogP contribution >= 0.6 is 0 Å². The van der Waals surface area contributed by atoms with Crippen molar-refractivity contribution in [1.29, 1.82) is 0 Å². The Hall–Kier alpha value is -1.72. The highest BCUT2D eigenvalue weighted by Crippen LogP contribution is 2.39. The number of carbonyl (C=O) groups is 1. The lowest BCUT2D eigenvalue weighted by atomic mass is 9.77. The molecule has 0 aromatic carbocycles. The molecule has 5 nitrogen and oxygen atoms in total. The molecule has 1 aromatic rings. The highest BCUT2D eigenvalue weighted by molar-refractivity contribution is 5.97. The van der Waals surface area contributed by atoms with Crippen molar-refractivity contribution in [2.24, 2.45) is 11.1 Å². The molecule has 1 aromatic heterocycles. The van der Waals surface area contributed by atoms with Crippen LogP contribution < -0.4 is 5.73 Å². The summed E-state index contributed by atoms with van der Waals surface area (Å²) >= 11 is 0. The third kappa shape index (κ3) is 3.84. The number of morpholine rings is 1. The van der Waals surface area contributed by atoms with Crippen LogP contribution in [-0.2, 0) is 10.3 Å². The fourth-order valence-electron chi connectivity index (χ4n) is 3.82. The van der Waals surface area contributed by atoms with Crippen molar-refractivity contribution in [3.05, 3.63) is 35.2 Å². The predicted octanol–water partition coefficient (Wildman–Crippen LogP) is 3.34. The van der Waals surface area contributed by atoms with E-state index in [4.69, 9.17) is 15.5 Å². The number of nitrogens with two attached hydrogens (primary N) is 1. The summed E-state index contributed by atoms with van der Waals surface area (Å²) in [5.74, 6) is -0.408. The van der Waals surface area contributed by atoms with Crippen molar-refractivity contribution in [3.8, 4) is 0 Å². The first-order valence-corrected chi connectivity index (χ1v) is 9.54. The third-order valence-electron chi connectivity index (χ3n) is 5.87. The third-order valence-corrected chi connectivity index (χ3v) is 5.87. The first-order chi connectivity index (χ1) is 12.2. The van der Waals surface area contributed by atoms with E-state index >= 15 is 0 Å². The Balaban J connectivity index is 1.99. The van der Waals surface area contributed by atoms with Gasteiger partial charge >= 0.3 is 0 Å². The van der Waals surface area contributed by atoms with Gasteiger partial charge < -0.3 is 10.5 Å². The average molecular weight is 357 g/mol. The van der Waals surface area contributed by atoms with Gasteiger partial charge in [0.2, 0.25) is 0 Å². The number of rotatable bonds is 4. The van der Waals surface area contributed by atoms with Gasteiger partial charge in [0.05, 0.1) is 35.7 Å². The number of carbonyl (C=O) groups excluding carboxylic acids is 1. The minimum Gasteiger partial charge on any atom is -0.379 e. The minimum atomic E-state index is -0.408. The second-order valence-corrected chi connectivity index (χ2v) is 8.71. The molecule has 1 aliphatic carbocycles. The normalized spacial score (nSPS) is 21.3. The summed E-state index contributed by atoms with van der Waals surface area (Å²) in [6, 6.07) is 3.80. The quantitative estimate of drug-likeness (QED) is 0.897. The summed E-state index contributed by atoms with van der Waals surface area (Å²) in [6.45, 7) is 12.2. The van der Waals surface area contributed by atoms with Crippen LogP contribution in [0.5, 0.6) is 0 Å². The predicted molar refractivity (Wildman–Crippen MR) is 104 cm³/mol. The SMILES string of the molecule is CC1(C)CC=C(c2nc(C(C)(C)N3CCOCC3)ccc2C(N)=O)CC1. The van der Waals surface area contributed by atoms with Crippen molar-refractivity contribution >= 4 is 11.5 Å². The average Bonchev–Trinajstić information content (AvgIpc) is 2.62. The molecule has 26 heavy (non-hydrogen) atoms. The smallest absolute Gasteiger partial charge is 0.250 e. The molecule has 0 saturated carbocycles. The van der Waals surface area contributed by atoms with Crippen LogP contribution in [0.3, 0.4) is 0 Å². The number of hydrogen-bond acceptors (Lipinski definition) is 4. The van der Waals surface area contributed by atoms with E-state index in [2.05, 4.69) is 38.7 Å². The Kier molecular flexibility index (Phi) is 5.22.